The zero-order valence-electron chi connectivity index (χ0n) is 12.8. The average molecular weight is 319 g/mol. The van der Waals surface area contributed by atoms with Gasteiger partial charge in [0.1, 0.15) is 12.3 Å². The lowest BCUT2D eigenvalue weighted by molar-refractivity contribution is -0.122. The van der Waals surface area contributed by atoms with Gasteiger partial charge in [0.25, 0.3) is 0 Å². The van der Waals surface area contributed by atoms with Crippen LogP contribution in [0.1, 0.15) is 5.56 Å². The molecule has 2 amide bonds. The van der Waals surface area contributed by atoms with Crippen molar-refractivity contribution in [1.82, 2.24) is 20.3 Å². The van der Waals surface area contributed by atoms with E-state index in [9.17, 15) is 9.59 Å². The summed E-state index contributed by atoms with van der Waals surface area (Å²) in [5.41, 5.74) is 0.916. The molecule has 23 heavy (non-hydrogen) atoms. The van der Waals surface area contributed by atoms with Gasteiger partial charge < -0.3 is 14.8 Å². The van der Waals surface area contributed by atoms with Crippen molar-refractivity contribution in [2.75, 3.05) is 19.5 Å². The summed E-state index contributed by atoms with van der Waals surface area (Å²) < 4.78 is 9.55. The number of aromatic nitrogens is 3. The van der Waals surface area contributed by atoms with Gasteiger partial charge in [-0.1, -0.05) is 12.1 Å². The molecule has 0 spiro atoms. The maximum absolute atomic E-state index is 11.9. The van der Waals surface area contributed by atoms with Crippen LogP contribution in [0.25, 0.3) is 0 Å². The zero-order chi connectivity index (χ0) is 16.7. The molecule has 0 fully saturated rings. The molecule has 0 aliphatic carbocycles. The van der Waals surface area contributed by atoms with Gasteiger partial charge in [-0.2, -0.15) is 9.90 Å². The summed E-state index contributed by atoms with van der Waals surface area (Å²) >= 11 is 0. The lowest BCUT2D eigenvalue weighted by Crippen LogP contribution is -2.28. The molecule has 0 aliphatic rings. The Balaban J connectivity index is 1.83. The van der Waals surface area contributed by atoms with Crippen LogP contribution in [0.4, 0.5) is 10.6 Å². The molecule has 0 saturated heterocycles. The van der Waals surface area contributed by atoms with E-state index in [0.29, 0.717) is 6.54 Å². The minimum atomic E-state index is -0.653. The minimum absolute atomic E-state index is 0.0627. The van der Waals surface area contributed by atoms with E-state index in [4.69, 9.17) is 4.74 Å². The topological polar surface area (TPSA) is 107 Å². The summed E-state index contributed by atoms with van der Waals surface area (Å²) in [7, 11) is 2.83. The van der Waals surface area contributed by atoms with E-state index in [1.807, 2.05) is 24.3 Å². The number of carbonyl (C=O) groups excluding carboxylic acids is 2. The number of ether oxygens (including phenoxy) is 2. The highest BCUT2D eigenvalue weighted by atomic mass is 16.5. The number of anilines is 1. The Labute approximate surface area is 132 Å². The number of rotatable bonds is 6. The van der Waals surface area contributed by atoms with Crippen molar-refractivity contribution < 1.29 is 19.1 Å². The third kappa shape index (κ3) is 4.99. The van der Waals surface area contributed by atoms with Crippen molar-refractivity contribution in [2.45, 2.75) is 13.1 Å². The van der Waals surface area contributed by atoms with E-state index < -0.39 is 6.09 Å². The predicted molar refractivity (Wildman–Crippen MR) is 80.9 cm³/mol. The summed E-state index contributed by atoms with van der Waals surface area (Å²) in [6.45, 7) is 0.303. The Morgan fingerprint density at radius 2 is 2.13 bits per heavy atom. The van der Waals surface area contributed by atoms with Gasteiger partial charge in [-0.3, -0.25) is 10.1 Å². The smallest absolute Gasteiger partial charge is 0.412 e. The fraction of sp³-hybridized carbons (Fsp3) is 0.286. The van der Waals surface area contributed by atoms with Crippen LogP contribution in [0, 0.1) is 0 Å². The fourth-order valence-corrected chi connectivity index (χ4v) is 1.75. The Hall–Kier alpha value is -3.10. The van der Waals surface area contributed by atoms with E-state index in [-0.39, 0.29) is 18.3 Å². The predicted octanol–water partition coefficient (Wildman–Crippen LogP) is 0.781. The second kappa shape index (κ2) is 7.78. The number of nitrogens with one attached hydrogen (secondary N) is 2. The molecule has 1 aromatic heterocycles. The van der Waals surface area contributed by atoms with Gasteiger partial charge in [-0.25, -0.2) is 4.79 Å². The van der Waals surface area contributed by atoms with E-state index in [1.165, 1.54) is 18.1 Å². The summed E-state index contributed by atoms with van der Waals surface area (Å²) in [4.78, 5) is 24.1. The highest BCUT2D eigenvalue weighted by molar-refractivity contribution is 5.82. The first-order valence-electron chi connectivity index (χ1n) is 6.75. The van der Waals surface area contributed by atoms with Gasteiger partial charge in [0.2, 0.25) is 5.91 Å². The molecular weight excluding hydrogens is 302 g/mol. The normalized spacial score (nSPS) is 10.0. The molecule has 0 unspecified atom stereocenters. The van der Waals surface area contributed by atoms with Crippen LogP contribution >= 0.6 is 0 Å². The summed E-state index contributed by atoms with van der Waals surface area (Å²) in [6, 6.07) is 7.40. The monoisotopic (exact) mass is 319 g/mol. The first-order chi connectivity index (χ1) is 11.1. The molecule has 0 radical (unpaired) electrons. The van der Waals surface area contributed by atoms with Crippen LogP contribution in [0.2, 0.25) is 0 Å². The molecule has 2 N–H and O–H groups in total. The number of nitrogens with zero attached hydrogens (tertiary/aromatic N) is 3. The Morgan fingerprint density at radius 1 is 1.30 bits per heavy atom. The first kappa shape index (κ1) is 16.3. The second-order valence-electron chi connectivity index (χ2n) is 4.51. The molecule has 0 aliphatic heterocycles. The van der Waals surface area contributed by atoms with Crippen molar-refractivity contribution in [1.29, 1.82) is 0 Å². The largest absolute Gasteiger partial charge is 0.497 e. The van der Waals surface area contributed by atoms with E-state index in [1.54, 1.807) is 7.11 Å². The number of benzene rings is 1. The van der Waals surface area contributed by atoms with Gasteiger partial charge in [0.05, 0.1) is 20.4 Å². The highest BCUT2D eigenvalue weighted by Gasteiger charge is 2.08. The third-order valence-electron chi connectivity index (χ3n) is 2.86. The molecule has 1 heterocycles. The number of carbonyl (C=O) groups is 2. The van der Waals surface area contributed by atoms with Gasteiger partial charge in [-0.15, -0.1) is 5.10 Å². The maximum atomic E-state index is 11.9. The third-order valence-corrected chi connectivity index (χ3v) is 2.86. The summed E-state index contributed by atoms with van der Waals surface area (Å²) in [5, 5.41) is 12.9. The second-order valence-corrected chi connectivity index (χ2v) is 4.51. The molecule has 9 heteroatoms. The number of methoxy groups -OCH3 is 2. The molecule has 122 valence electrons. The van der Waals surface area contributed by atoms with Crippen molar-refractivity contribution >= 4 is 17.8 Å². The molecule has 2 rings (SSSR count). The lowest BCUT2D eigenvalue weighted by Gasteiger charge is -2.06. The van der Waals surface area contributed by atoms with Gasteiger partial charge >= 0.3 is 6.09 Å². The van der Waals surface area contributed by atoms with Crippen molar-refractivity contribution in [3.63, 3.8) is 0 Å². The van der Waals surface area contributed by atoms with Crippen LogP contribution in [0.3, 0.4) is 0 Å². The van der Waals surface area contributed by atoms with Crippen molar-refractivity contribution in [3.8, 4) is 5.75 Å². The van der Waals surface area contributed by atoms with Gasteiger partial charge in [-0.05, 0) is 17.7 Å². The Morgan fingerprint density at radius 3 is 2.87 bits per heavy atom. The van der Waals surface area contributed by atoms with Gasteiger partial charge in [0, 0.05) is 6.54 Å². The summed E-state index contributed by atoms with van der Waals surface area (Å²) in [5.74, 6) is 0.675. The average Bonchev–Trinajstić information content (AvgIpc) is 2.99. The fourth-order valence-electron chi connectivity index (χ4n) is 1.75. The van der Waals surface area contributed by atoms with Crippen LogP contribution in [0.5, 0.6) is 5.75 Å². The van der Waals surface area contributed by atoms with Crippen LogP contribution < -0.4 is 15.4 Å². The van der Waals surface area contributed by atoms with Crippen molar-refractivity contribution in [3.05, 3.63) is 36.0 Å². The standard InChI is InChI=1S/C14H17N5O4/c1-22-11-5-3-4-10(6-11)7-15-13(20)9-19-16-8-12(18-19)17-14(21)23-2/h3-6,8H,7,9H2,1-2H3,(H,15,20)(H,17,18,21). The molecular formula is C14H17N5O4. The summed E-state index contributed by atoms with van der Waals surface area (Å²) in [6.07, 6.45) is 0.672. The van der Waals surface area contributed by atoms with E-state index in [0.717, 1.165) is 11.3 Å². The quantitative estimate of drug-likeness (QED) is 0.815. The highest BCUT2D eigenvalue weighted by Crippen LogP contribution is 2.12. The molecule has 0 bridgehead atoms. The van der Waals surface area contributed by atoms with Gasteiger partial charge in [0.15, 0.2) is 5.82 Å². The molecule has 0 saturated carbocycles. The lowest BCUT2D eigenvalue weighted by atomic mass is 10.2. The molecule has 0 atom stereocenters. The SMILES string of the molecule is COC(=O)Nc1cnn(CC(=O)NCc2cccc(OC)c2)n1. The minimum Gasteiger partial charge on any atom is -0.497 e. The van der Waals surface area contributed by atoms with Crippen LogP contribution in [-0.2, 0) is 22.6 Å². The molecule has 9 nitrogen and oxygen atoms in total. The Bertz CT molecular complexity index is 685. The number of hydrogen-bond donors (Lipinski definition) is 2. The Kier molecular flexibility index (Phi) is 5.50. The number of hydrogen-bond acceptors (Lipinski definition) is 6. The van der Waals surface area contributed by atoms with Crippen LogP contribution in [0.15, 0.2) is 30.5 Å². The van der Waals surface area contributed by atoms with E-state index >= 15 is 0 Å². The van der Waals surface area contributed by atoms with Crippen molar-refractivity contribution in [2.24, 2.45) is 0 Å². The van der Waals surface area contributed by atoms with E-state index in [2.05, 4.69) is 25.6 Å². The maximum Gasteiger partial charge on any atom is 0.412 e. The first-order valence-corrected chi connectivity index (χ1v) is 6.75. The number of amides is 2. The molecule has 2 aromatic rings. The molecule has 1 aromatic carbocycles. The van der Waals surface area contributed by atoms with Crippen LogP contribution in [-0.4, -0.2) is 41.2 Å². The zero-order valence-corrected chi connectivity index (χ0v) is 12.8.